The maximum absolute atomic E-state index is 14.1. The maximum Gasteiger partial charge on any atom is 1.00 e. The third-order valence-corrected chi connectivity index (χ3v) is 6.77. The van der Waals surface area contributed by atoms with E-state index in [0.29, 0.717) is 45.2 Å². The van der Waals surface area contributed by atoms with E-state index in [1.54, 1.807) is 54.6 Å². The number of ether oxygens (including phenoxy) is 4. The van der Waals surface area contributed by atoms with Gasteiger partial charge in [-0.15, -0.1) is 0 Å². The molecule has 0 saturated carbocycles. The number of carbonyl (C=O) groups is 2. The summed E-state index contributed by atoms with van der Waals surface area (Å²) in [6.07, 6.45) is -0.608. The Balaban J connectivity index is 0.00000529. The van der Waals surface area contributed by atoms with Crippen LogP contribution in [0.5, 0.6) is 23.0 Å². The van der Waals surface area contributed by atoms with Gasteiger partial charge in [0, 0.05) is 23.1 Å². The second kappa shape index (κ2) is 15.5. The van der Waals surface area contributed by atoms with Crippen LogP contribution in [0, 0.1) is 0 Å². The summed E-state index contributed by atoms with van der Waals surface area (Å²) in [6.45, 7) is 11.4. The number of aliphatic carboxylic acids is 1. The van der Waals surface area contributed by atoms with Crippen molar-refractivity contribution in [3.05, 3.63) is 76.9 Å². The molecule has 0 N–H and O–H groups in total. The third kappa shape index (κ3) is 8.59. The van der Waals surface area contributed by atoms with Crippen LogP contribution in [0.2, 0.25) is 0 Å². The number of benzene rings is 3. The normalized spacial score (nSPS) is 11.8. The molecule has 0 fully saturated rings. The zero-order valence-electron chi connectivity index (χ0n) is 26.3. The summed E-state index contributed by atoms with van der Waals surface area (Å²) in [5, 5.41) is 12.8. The van der Waals surface area contributed by atoms with Crippen LogP contribution in [0.15, 0.2) is 60.2 Å². The standard InChI is InChI=1S/C33H36N2O7S.Na/c1-18(2)40-28-15-21(16-29(41-19(3)4)32(28)42-20(5)6)14-25(31(36)22-8-11-24(39-7)12-9-22)30(33(37)38)23-10-13-26-27(17-23)35-43-34-26;/h8-13,15-20H,14H2,1-7H3,(H,37,38);/q;+1/p-1. The number of aromatic nitrogens is 2. The van der Waals surface area contributed by atoms with Gasteiger partial charge < -0.3 is 28.8 Å². The van der Waals surface area contributed by atoms with Gasteiger partial charge in [-0.3, -0.25) is 4.79 Å². The van der Waals surface area contributed by atoms with Crippen molar-refractivity contribution in [3.8, 4) is 23.0 Å². The van der Waals surface area contributed by atoms with Gasteiger partial charge in [0.2, 0.25) is 5.75 Å². The second-order valence-corrected chi connectivity index (χ2v) is 11.3. The van der Waals surface area contributed by atoms with Gasteiger partial charge in [-0.1, -0.05) is 6.07 Å². The van der Waals surface area contributed by atoms with Crippen molar-refractivity contribution in [1.82, 2.24) is 8.75 Å². The summed E-state index contributed by atoms with van der Waals surface area (Å²) >= 11 is 1.02. The number of fused-ring (bicyclic) bond motifs is 1. The number of nitrogens with zero attached hydrogens (tertiary/aromatic N) is 2. The number of carboxylic acid groups (broad SMARTS) is 1. The van der Waals surface area contributed by atoms with E-state index in [1.165, 1.54) is 7.11 Å². The first-order chi connectivity index (χ1) is 20.5. The van der Waals surface area contributed by atoms with Crippen molar-refractivity contribution in [2.45, 2.75) is 66.3 Å². The molecule has 0 spiro atoms. The molecule has 9 nitrogen and oxygen atoms in total. The Hall–Kier alpha value is -3.44. The molecule has 0 bridgehead atoms. The fourth-order valence-corrected chi connectivity index (χ4v) is 5.04. The molecule has 44 heavy (non-hydrogen) atoms. The summed E-state index contributed by atoms with van der Waals surface area (Å²) in [6, 6.07) is 14.9. The van der Waals surface area contributed by atoms with Crippen LogP contribution >= 0.6 is 11.7 Å². The number of allylic oxidation sites excluding steroid dienone is 1. The van der Waals surface area contributed by atoms with Crippen molar-refractivity contribution in [2.24, 2.45) is 0 Å². The van der Waals surface area contributed by atoms with Crippen molar-refractivity contribution >= 4 is 40.1 Å². The molecular formula is C33H35N2NaO7S. The Kier molecular flexibility index (Phi) is 12.4. The van der Waals surface area contributed by atoms with Gasteiger partial charge in [0.05, 0.1) is 43.1 Å². The molecule has 11 heteroatoms. The van der Waals surface area contributed by atoms with E-state index < -0.39 is 11.8 Å². The van der Waals surface area contributed by atoms with E-state index in [2.05, 4.69) is 8.75 Å². The predicted molar refractivity (Wildman–Crippen MR) is 164 cm³/mol. The van der Waals surface area contributed by atoms with E-state index in [4.69, 9.17) is 18.9 Å². The first kappa shape index (κ1) is 35.0. The maximum atomic E-state index is 14.1. The molecule has 0 saturated heterocycles. The molecule has 226 valence electrons. The van der Waals surface area contributed by atoms with Gasteiger partial charge in [-0.05, 0) is 101 Å². The van der Waals surface area contributed by atoms with Crippen LogP contribution in [0.1, 0.15) is 63.0 Å². The zero-order valence-corrected chi connectivity index (χ0v) is 29.1. The van der Waals surface area contributed by atoms with Crippen LogP contribution in [0.3, 0.4) is 0 Å². The minimum absolute atomic E-state index is 0. The molecule has 0 atom stereocenters. The van der Waals surface area contributed by atoms with Crippen molar-refractivity contribution < 1.29 is 63.2 Å². The van der Waals surface area contributed by atoms with E-state index in [9.17, 15) is 14.7 Å². The number of ketones is 1. The number of carboxylic acids is 1. The molecule has 0 aliphatic heterocycles. The molecule has 0 radical (unpaired) electrons. The second-order valence-electron chi connectivity index (χ2n) is 10.8. The molecule has 0 aliphatic rings. The molecule has 1 heterocycles. The SMILES string of the molecule is COc1ccc(C(=O)C(Cc2cc(OC(C)C)c(OC(C)C)c(OC(C)C)c2)=C(C(=O)[O-])c2ccc3nsnc3c2)cc1.[Na+]. The number of rotatable bonds is 13. The number of Topliss-reactive ketones (excluding diaryl/α,β-unsaturated/α-hetero) is 1. The Morgan fingerprint density at radius 1 is 0.773 bits per heavy atom. The van der Waals surface area contributed by atoms with E-state index in [-0.39, 0.29) is 71.0 Å². The number of hydrogen-bond acceptors (Lipinski definition) is 10. The Bertz CT molecular complexity index is 1610. The Morgan fingerprint density at radius 3 is 1.84 bits per heavy atom. The Morgan fingerprint density at radius 2 is 1.32 bits per heavy atom. The minimum Gasteiger partial charge on any atom is -0.545 e. The molecule has 4 rings (SSSR count). The summed E-state index contributed by atoms with van der Waals surface area (Å²) in [5.41, 5.74) is 2.10. The van der Waals surface area contributed by atoms with E-state index in [0.717, 1.165) is 11.7 Å². The predicted octanol–water partition coefficient (Wildman–Crippen LogP) is 2.69. The first-order valence-corrected chi connectivity index (χ1v) is 14.7. The quantitative estimate of drug-likeness (QED) is 0.125. The van der Waals surface area contributed by atoms with Crippen LogP contribution in [-0.4, -0.2) is 45.9 Å². The van der Waals surface area contributed by atoms with Gasteiger partial charge in [-0.25, -0.2) is 0 Å². The fourth-order valence-electron chi connectivity index (χ4n) is 4.52. The van der Waals surface area contributed by atoms with Gasteiger partial charge in [-0.2, -0.15) is 8.75 Å². The third-order valence-electron chi connectivity index (χ3n) is 6.21. The van der Waals surface area contributed by atoms with E-state index in [1.807, 2.05) is 41.5 Å². The molecular weight excluding hydrogens is 591 g/mol. The molecule has 1 aromatic heterocycles. The van der Waals surface area contributed by atoms with Gasteiger partial charge in [0.25, 0.3) is 0 Å². The fraction of sp³-hybridized carbons (Fsp3) is 0.333. The monoisotopic (exact) mass is 626 g/mol. The van der Waals surface area contributed by atoms with Gasteiger partial charge in [0.1, 0.15) is 16.8 Å². The minimum atomic E-state index is -1.49. The molecule has 0 aliphatic carbocycles. The summed E-state index contributed by atoms with van der Waals surface area (Å²) < 4.78 is 32.1. The molecule has 0 amide bonds. The number of hydrogen-bond donors (Lipinski definition) is 0. The molecule has 4 aromatic rings. The van der Waals surface area contributed by atoms with E-state index >= 15 is 0 Å². The topological polar surface area (TPSA) is 120 Å². The van der Waals surface area contributed by atoms with Gasteiger partial charge >= 0.3 is 29.6 Å². The number of methoxy groups -OCH3 is 1. The van der Waals surface area contributed by atoms with Crippen molar-refractivity contribution in [2.75, 3.05) is 7.11 Å². The summed E-state index contributed by atoms with van der Waals surface area (Å²) in [5.74, 6) is -0.101. The van der Waals surface area contributed by atoms with Gasteiger partial charge in [0.15, 0.2) is 17.3 Å². The Labute approximate surface area is 283 Å². The zero-order chi connectivity index (χ0) is 31.3. The molecule has 0 unspecified atom stereocenters. The van der Waals surface area contributed by atoms with Crippen molar-refractivity contribution in [1.29, 1.82) is 0 Å². The number of carbonyl (C=O) groups excluding carboxylic acids is 2. The van der Waals surface area contributed by atoms with Crippen LogP contribution in [0.4, 0.5) is 0 Å². The average Bonchev–Trinajstić information content (AvgIpc) is 3.41. The van der Waals surface area contributed by atoms with Crippen LogP contribution < -0.4 is 53.6 Å². The first-order valence-electron chi connectivity index (χ1n) is 14.0. The van der Waals surface area contributed by atoms with Crippen LogP contribution in [0.25, 0.3) is 16.6 Å². The summed E-state index contributed by atoms with van der Waals surface area (Å²) in [7, 11) is 1.53. The largest absolute Gasteiger partial charge is 1.00 e. The average molecular weight is 627 g/mol. The van der Waals surface area contributed by atoms with Crippen molar-refractivity contribution in [3.63, 3.8) is 0 Å². The summed E-state index contributed by atoms with van der Waals surface area (Å²) in [4.78, 5) is 26.9. The van der Waals surface area contributed by atoms with Crippen LogP contribution in [-0.2, 0) is 11.2 Å². The molecule has 3 aromatic carbocycles. The smallest absolute Gasteiger partial charge is 0.545 e.